The third-order valence-corrected chi connectivity index (χ3v) is 5.60. The van der Waals surface area contributed by atoms with Gasteiger partial charge in [-0.05, 0) is 62.4 Å². The number of methoxy groups -OCH3 is 1. The molecule has 1 aromatic carbocycles. The van der Waals surface area contributed by atoms with Gasteiger partial charge in [-0.25, -0.2) is 0 Å². The van der Waals surface area contributed by atoms with Crippen LogP contribution in [0.2, 0.25) is 0 Å². The lowest BCUT2D eigenvalue weighted by Crippen LogP contribution is -2.39. The average molecular weight is 325 g/mol. The molecule has 1 saturated heterocycles. The predicted octanol–water partition coefficient (Wildman–Crippen LogP) is 3.63. The summed E-state index contributed by atoms with van der Waals surface area (Å²) in [6.45, 7) is 5.81. The van der Waals surface area contributed by atoms with E-state index in [0.717, 1.165) is 30.7 Å². The van der Waals surface area contributed by atoms with Crippen LogP contribution in [0.25, 0.3) is 10.9 Å². The lowest BCUT2D eigenvalue weighted by atomic mass is 10.0. The second-order valence-corrected chi connectivity index (χ2v) is 7.00. The van der Waals surface area contributed by atoms with E-state index >= 15 is 0 Å². The van der Waals surface area contributed by atoms with Crippen molar-refractivity contribution >= 4 is 16.6 Å². The van der Waals surface area contributed by atoms with E-state index in [1.165, 1.54) is 54.7 Å². The van der Waals surface area contributed by atoms with Crippen molar-refractivity contribution in [2.45, 2.75) is 45.1 Å². The predicted molar refractivity (Wildman–Crippen MR) is 99.1 cm³/mol. The van der Waals surface area contributed by atoms with E-state index < -0.39 is 0 Å². The van der Waals surface area contributed by atoms with E-state index in [4.69, 9.17) is 9.72 Å². The van der Waals surface area contributed by atoms with Gasteiger partial charge in [0.05, 0.1) is 12.6 Å². The van der Waals surface area contributed by atoms with Gasteiger partial charge in [0.15, 0.2) is 0 Å². The molecule has 4 rings (SSSR count). The van der Waals surface area contributed by atoms with Gasteiger partial charge in [-0.2, -0.15) is 0 Å². The standard InChI is InChI=1S/C20H27N3O/c1-3-23-11-9-14(10-12-23)21-20-16-5-4-6-18(16)22-19-8-7-15(24-2)13-17(19)20/h7-8,13-14H,3-6,9-12H2,1-2H3,(H,21,22). The minimum absolute atomic E-state index is 0.564. The molecular formula is C20H27N3O. The highest BCUT2D eigenvalue weighted by Crippen LogP contribution is 2.36. The molecule has 0 radical (unpaired) electrons. The fourth-order valence-electron chi connectivity index (χ4n) is 4.13. The molecule has 2 aromatic rings. The normalized spacial score (nSPS) is 18.8. The van der Waals surface area contributed by atoms with Gasteiger partial charge >= 0.3 is 0 Å². The van der Waals surface area contributed by atoms with E-state index in [1.54, 1.807) is 7.11 Å². The van der Waals surface area contributed by atoms with Crippen LogP contribution in [0, 0.1) is 0 Å². The molecule has 4 nitrogen and oxygen atoms in total. The second kappa shape index (κ2) is 6.60. The van der Waals surface area contributed by atoms with E-state index in [2.05, 4.69) is 29.3 Å². The largest absolute Gasteiger partial charge is 0.497 e. The third kappa shape index (κ3) is 2.84. The molecule has 4 heteroatoms. The highest BCUT2D eigenvalue weighted by atomic mass is 16.5. The van der Waals surface area contributed by atoms with Crippen molar-refractivity contribution in [1.82, 2.24) is 9.88 Å². The number of pyridine rings is 1. The summed E-state index contributed by atoms with van der Waals surface area (Å²) >= 11 is 0. The molecule has 1 aliphatic heterocycles. The Morgan fingerprint density at radius 1 is 1.25 bits per heavy atom. The van der Waals surface area contributed by atoms with Crippen LogP contribution >= 0.6 is 0 Å². The summed E-state index contributed by atoms with van der Waals surface area (Å²) in [6.07, 6.45) is 5.91. The number of hydrogen-bond donors (Lipinski definition) is 1. The van der Waals surface area contributed by atoms with Crippen LogP contribution in [0.4, 0.5) is 5.69 Å². The Balaban J connectivity index is 1.70. The first-order chi connectivity index (χ1) is 11.8. The van der Waals surface area contributed by atoms with Gasteiger partial charge < -0.3 is 15.0 Å². The molecule has 1 N–H and O–H groups in total. The van der Waals surface area contributed by atoms with Crippen molar-refractivity contribution < 1.29 is 4.74 Å². The molecule has 2 heterocycles. The highest BCUT2D eigenvalue weighted by Gasteiger charge is 2.24. The van der Waals surface area contributed by atoms with Gasteiger partial charge in [-0.3, -0.25) is 4.98 Å². The maximum atomic E-state index is 5.45. The number of piperidine rings is 1. The number of likely N-dealkylation sites (tertiary alicyclic amines) is 1. The smallest absolute Gasteiger partial charge is 0.119 e. The number of aromatic nitrogens is 1. The molecule has 0 saturated carbocycles. The fourth-order valence-corrected chi connectivity index (χ4v) is 4.13. The van der Waals surface area contributed by atoms with Crippen LogP contribution in [-0.2, 0) is 12.8 Å². The van der Waals surface area contributed by atoms with Crippen molar-refractivity contribution in [1.29, 1.82) is 0 Å². The number of aryl methyl sites for hydroxylation is 1. The molecule has 0 atom stereocenters. The van der Waals surface area contributed by atoms with E-state index in [0.29, 0.717) is 6.04 Å². The molecule has 128 valence electrons. The molecule has 1 aromatic heterocycles. The van der Waals surface area contributed by atoms with Crippen molar-refractivity contribution in [2.75, 3.05) is 32.1 Å². The molecule has 0 unspecified atom stereocenters. The summed E-state index contributed by atoms with van der Waals surface area (Å²) in [5.41, 5.74) is 5.14. The molecular weight excluding hydrogens is 298 g/mol. The molecule has 1 aliphatic carbocycles. The molecule has 24 heavy (non-hydrogen) atoms. The van der Waals surface area contributed by atoms with Crippen LogP contribution < -0.4 is 10.1 Å². The van der Waals surface area contributed by atoms with Crippen molar-refractivity contribution in [2.24, 2.45) is 0 Å². The Labute approximate surface area is 144 Å². The monoisotopic (exact) mass is 325 g/mol. The fraction of sp³-hybridized carbons (Fsp3) is 0.550. The SMILES string of the molecule is CCN1CCC(Nc2c3c(nc4ccc(OC)cc24)CCC3)CC1. The van der Waals surface area contributed by atoms with E-state index in [-0.39, 0.29) is 0 Å². The minimum atomic E-state index is 0.564. The Bertz CT molecular complexity index is 735. The molecule has 2 aliphatic rings. The first-order valence-electron chi connectivity index (χ1n) is 9.27. The molecule has 0 amide bonds. The second-order valence-electron chi connectivity index (χ2n) is 7.00. The van der Waals surface area contributed by atoms with Gasteiger partial charge in [0, 0.05) is 35.9 Å². The zero-order valence-electron chi connectivity index (χ0n) is 14.8. The summed E-state index contributed by atoms with van der Waals surface area (Å²) in [7, 11) is 1.73. The van der Waals surface area contributed by atoms with Gasteiger partial charge in [-0.15, -0.1) is 0 Å². The Kier molecular flexibility index (Phi) is 4.31. The first-order valence-corrected chi connectivity index (χ1v) is 9.27. The minimum Gasteiger partial charge on any atom is -0.497 e. The van der Waals surface area contributed by atoms with Crippen LogP contribution in [0.1, 0.15) is 37.4 Å². The van der Waals surface area contributed by atoms with E-state index in [9.17, 15) is 0 Å². The number of ether oxygens (including phenoxy) is 1. The Morgan fingerprint density at radius 2 is 2.08 bits per heavy atom. The third-order valence-electron chi connectivity index (χ3n) is 5.60. The molecule has 1 fully saturated rings. The molecule has 0 spiro atoms. The number of benzene rings is 1. The Morgan fingerprint density at radius 3 is 2.83 bits per heavy atom. The van der Waals surface area contributed by atoms with Gasteiger partial charge in [0.2, 0.25) is 0 Å². The number of anilines is 1. The number of hydrogen-bond acceptors (Lipinski definition) is 4. The topological polar surface area (TPSA) is 37.4 Å². The van der Waals surface area contributed by atoms with Gasteiger partial charge in [0.25, 0.3) is 0 Å². The van der Waals surface area contributed by atoms with Gasteiger partial charge in [-0.1, -0.05) is 6.92 Å². The van der Waals surface area contributed by atoms with Crippen LogP contribution in [0.15, 0.2) is 18.2 Å². The first kappa shape index (κ1) is 15.7. The summed E-state index contributed by atoms with van der Waals surface area (Å²) in [6, 6.07) is 6.82. The lowest BCUT2D eigenvalue weighted by Gasteiger charge is -2.32. The summed E-state index contributed by atoms with van der Waals surface area (Å²) < 4.78 is 5.45. The quantitative estimate of drug-likeness (QED) is 0.931. The van der Waals surface area contributed by atoms with Crippen molar-refractivity contribution in [3.05, 3.63) is 29.5 Å². The lowest BCUT2D eigenvalue weighted by molar-refractivity contribution is 0.229. The number of nitrogens with one attached hydrogen (secondary N) is 1. The van der Waals surface area contributed by atoms with Crippen LogP contribution in [-0.4, -0.2) is 42.7 Å². The van der Waals surface area contributed by atoms with Gasteiger partial charge in [0.1, 0.15) is 5.75 Å². The average Bonchev–Trinajstić information content (AvgIpc) is 3.10. The Hall–Kier alpha value is -1.81. The van der Waals surface area contributed by atoms with E-state index in [1.807, 2.05) is 6.07 Å². The summed E-state index contributed by atoms with van der Waals surface area (Å²) in [5, 5.41) is 5.11. The summed E-state index contributed by atoms with van der Waals surface area (Å²) in [4.78, 5) is 7.44. The number of fused-ring (bicyclic) bond motifs is 2. The number of nitrogens with zero attached hydrogens (tertiary/aromatic N) is 2. The zero-order valence-corrected chi connectivity index (χ0v) is 14.8. The maximum absolute atomic E-state index is 5.45. The van der Waals surface area contributed by atoms with Crippen molar-refractivity contribution in [3.8, 4) is 5.75 Å². The van der Waals surface area contributed by atoms with Crippen LogP contribution in [0.5, 0.6) is 5.75 Å². The van der Waals surface area contributed by atoms with Crippen LogP contribution in [0.3, 0.4) is 0 Å². The summed E-state index contributed by atoms with van der Waals surface area (Å²) in [5.74, 6) is 0.908. The van der Waals surface area contributed by atoms with Crippen molar-refractivity contribution in [3.63, 3.8) is 0 Å². The molecule has 0 bridgehead atoms. The highest BCUT2D eigenvalue weighted by molar-refractivity contribution is 5.94. The number of rotatable bonds is 4. The zero-order chi connectivity index (χ0) is 16.5. The maximum Gasteiger partial charge on any atom is 0.119 e.